The number of carbonyl (C=O) groups excluding carboxylic acids is 1. The number of aromatic hydroxyl groups is 1. The number of rotatable bonds is 5. The van der Waals surface area contributed by atoms with Crippen LogP contribution in [0.2, 0.25) is 0 Å². The van der Waals surface area contributed by atoms with Gasteiger partial charge in [0.05, 0.1) is 4.92 Å². The first-order valence-electron chi connectivity index (χ1n) is 7.39. The highest BCUT2D eigenvalue weighted by molar-refractivity contribution is 6.06. The van der Waals surface area contributed by atoms with Crippen LogP contribution in [0, 0.1) is 10.1 Å². The molecule has 0 fully saturated rings. The van der Waals surface area contributed by atoms with E-state index in [1.165, 1.54) is 36.4 Å². The van der Waals surface area contributed by atoms with Gasteiger partial charge in [0.15, 0.2) is 5.78 Å². The molecule has 25 heavy (non-hydrogen) atoms. The van der Waals surface area contributed by atoms with Gasteiger partial charge in [0, 0.05) is 23.3 Å². The molecule has 0 aliphatic rings. The summed E-state index contributed by atoms with van der Waals surface area (Å²) >= 11 is 0. The molecule has 0 bridgehead atoms. The van der Waals surface area contributed by atoms with Gasteiger partial charge >= 0.3 is 0 Å². The zero-order chi connectivity index (χ0) is 17.8. The summed E-state index contributed by atoms with van der Waals surface area (Å²) in [5.41, 5.74) is 0.917. The molecule has 0 saturated carbocycles. The monoisotopic (exact) mass is 335 g/mol. The zero-order valence-corrected chi connectivity index (χ0v) is 13.0. The topological polar surface area (TPSA) is 93.6 Å². The number of non-ortho nitro benzene ring substituents is 1. The summed E-state index contributed by atoms with van der Waals surface area (Å²) in [6.07, 6.45) is 2.85. The molecular weight excluding hydrogens is 322 g/mol. The number of hydrogen-bond acceptors (Lipinski definition) is 5. The number of phenols is 1. The molecule has 1 heterocycles. The van der Waals surface area contributed by atoms with Crippen molar-refractivity contribution in [1.82, 2.24) is 0 Å². The Bertz CT molecular complexity index is 971. The molecule has 1 aromatic heterocycles. The van der Waals surface area contributed by atoms with Crippen molar-refractivity contribution in [2.24, 2.45) is 0 Å². The van der Waals surface area contributed by atoms with Gasteiger partial charge in [-0.3, -0.25) is 14.9 Å². The minimum atomic E-state index is -0.471. The number of furan rings is 1. The Hall–Kier alpha value is -3.67. The molecule has 2 aromatic carbocycles. The number of allylic oxidation sites excluding steroid dienone is 1. The molecule has 0 unspecified atom stereocenters. The summed E-state index contributed by atoms with van der Waals surface area (Å²) in [7, 11) is 0. The molecule has 6 nitrogen and oxygen atoms in total. The molecule has 0 amide bonds. The minimum absolute atomic E-state index is 0.0187. The van der Waals surface area contributed by atoms with E-state index >= 15 is 0 Å². The van der Waals surface area contributed by atoms with E-state index in [1.807, 2.05) is 0 Å². The van der Waals surface area contributed by atoms with E-state index in [4.69, 9.17) is 4.42 Å². The van der Waals surface area contributed by atoms with E-state index in [9.17, 15) is 20.0 Å². The van der Waals surface area contributed by atoms with Crippen LogP contribution in [0.3, 0.4) is 0 Å². The number of nitrogens with zero attached hydrogens (tertiary/aromatic N) is 1. The second kappa shape index (κ2) is 6.84. The second-order valence-corrected chi connectivity index (χ2v) is 5.26. The maximum atomic E-state index is 12.1. The molecule has 3 aromatic rings. The lowest BCUT2D eigenvalue weighted by molar-refractivity contribution is -0.384. The van der Waals surface area contributed by atoms with Crippen LogP contribution in [0.5, 0.6) is 5.75 Å². The fourth-order valence-electron chi connectivity index (χ4n) is 2.28. The van der Waals surface area contributed by atoms with Gasteiger partial charge in [-0.25, -0.2) is 0 Å². The Balaban J connectivity index is 1.79. The smallest absolute Gasteiger partial charge is 0.270 e. The highest BCUT2D eigenvalue weighted by Crippen LogP contribution is 2.26. The standard InChI is InChI=1S/C19H13NO5/c21-16-6-2-3-13(12-16)18(22)9-7-17-8-10-19(25-17)14-4-1-5-15(11-14)20(23)24/h1-12,21H/b9-7+. The number of phenolic OH excluding ortho intramolecular Hbond substituents is 1. The first-order chi connectivity index (χ1) is 12.0. The summed E-state index contributed by atoms with van der Waals surface area (Å²) in [6, 6.07) is 15.5. The van der Waals surface area contributed by atoms with Gasteiger partial charge in [-0.05, 0) is 36.4 Å². The maximum Gasteiger partial charge on any atom is 0.270 e. The quantitative estimate of drug-likeness (QED) is 0.321. The predicted octanol–water partition coefficient (Wildman–Crippen LogP) is 4.46. The van der Waals surface area contributed by atoms with Crippen LogP contribution in [0.4, 0.5) is 5.69 Å². The van der Waals surface area contributed by atoms with E-state index in [1.54, 1.807) is 36.4 Å². The van der Waals surface area contributed by atoms with Crippen molar-refractivity contribution in [3.8, 4) is 17.1 Å². The van der Waals surface area contributed by atoms with Crippen LogP contribution in [0.15, 0.2) is 71.2 Å². The highest BCUT2D eigenvalue weighted by Gasteiger charge is 2.10. The third-order valence-electron chi connectivity index (χ3n) is 3.50. The van der Waals surface area contributed by atoms with Crippen molar-refractivity contribution < 1.29 is 19.2 Å². The van der Waals surface area contributed by atoms with Crippen molar-refractivity contribution in [3.05, 3.63) is 88.2 Å². The van der Waals surface area contributed by atoms with Crippen LogP contribution >= 0.6 is 0 Å². The van der Waals surface area contributed by atoms with Crippen LogP contribution in [-0.4, -0.2) is 15.8 Å². The Kier molecular flexibility index (Phi) is 4.43. The molecular formula is C19H13NO5. The molecule has 0 aliphatic carbocycles. The number of nitro benzene ring substituents is 1. The molecule has 0 saturated heterocycles. The molecule has 0 aliphatic heterocycles. The van der Waals surface area contributed by atoms with Crippen LogP contribution in [0.1, 0.15) is 16.1 Å². The van der Waals surface area contributed by atoms with E-state index in [-0.39, 0.29) is 17.2 Å². The Morgan fingerprint density at radius 3 is 2.64 bits per heavy atom. The van der Waals surface area contributed by atoms with Crippen LogP contribution in [0.25, 0.3) is 17.4 Å². The Morgan fingerprint density at radius 2 is 1.88 bits per heavy atom. The second-order valence-electron chi connectivity index (χ2n) is 5.26. The molecule has 0 atom stereocenters. The lowest BCUT2D eigenvalue weighted by atomic mass is 10.1. The SMILES string of the molecule is O=C(/C=C/c1ccc(-c2cccc([N+](=O)[O-])c2)o1)c1cccc(O)c1. The number of ketones is 1. The summed E-state index contributed by atoms with van der Waals surface area (Å²) < 4.78 is 5.60. The lowest BCUT2D eigenvalue weighted by Gasteiger charge is -1.97. The van der Waals surface area contributed by atoms with E-state index < -0.39 is 4.92 Å². The van der Waals surface area contributed by atoms with Gasteiger partial charge in [-0.2, -0.15) is 0 Å². The molecule has 6 heteroatoms. The normalized spacial score (nSPS) is 10.9. The number of hydrogen-bond donors (Lipinski definition) is 1. The zero-order valence-electron chi connectivity index (χ0n) is 13.0. The Morgan fingerprint density at radius 1 is 1.08 bits per heavy atom. The van der Waals surface area contributed by atoms with Gasteiger partial charge in [-0.15, -0.1) is 0 Å². The van der Waals surface area contributed by atoms with Crippen molar-refractivity contribution in [2.45, 2.75) is 0 Å². The summed E-state index contributed by atoms with van der Waals surface area (Å²) in [5, 5.41) is 20.2. The third kappa shape index (κ3) is 3.81. The molecule has 3 rings (SSSR count). The molecule has 0 radical (unpaired) electrons. The fourth-order valence-corrected chi connectivity index (χ4v) is 2.28. The maximum absolute atomic E-state index is 12.1. The summed E-state index contributed by atoms with van der Waals surface area (Å²) in [5.74, 6) is 0.651. The molecule has 0 spiro atoms. The largest absolute Gasteiger partial charge is 0.508 e. The van der Waals surface area contributed by atoms with Crippen LogP contribution < -0.4 is 0 Å². The highest BCUT2D eigenvalue weighted by atomic mass is 16.6. The van der Waals surface area contributed by atoms with Crippen molar-refractivity contribution >= 4 is 17.5 Å². The molecule has 1 N–H and O–H groups in total. The number of carbonyl (C=O) groups is 1. The van der Waals surface area contributed by atoms with Gasteiger partial charge < -0.3 is 9.52 Å². The van der Waals surface area contributed by atoms with Crippen LogP contribution in [-0.2, 0) is 0 Å². The van der Waals surface area contributed by atoms with Gasteiger partial charge in [0.25, 0.3) is 5.69 Å². The predicted molar refractivity (Wildman–Crippen MR) is 92.3 cm³/mol. The fraction of sp³-hybridized carbons (Fsp3) is 0. The third-order valence-corrected chi connectivity index (χ3v) is 3.50. The summed E-state index contributed by atoms with van der Waals surface area (Å²) in [6.45, 7) is 0. The van der Waals surface area contributed by atoms with Crippen molar-refractivity contribution in [3.63, 3.8) is 0 Å². The van der Waals surface area contributed by atoms with Crippen molar-refractivity contribution in [2.75, 3.05) is 0 Å². The molecule has 124 valence electrons. The average Bonchev–Trinajstić information content (AvgIpc) is 3.09. The number of nitro groups is 1. The minimum Gasteiger partial charge on any atom is -0.508 e. The van der Waals surface area contributed by atoms with Gasteiger partial charge in [0.1, 0.15) is 17.3 Å². The first-order valence-corrected chi connectivity index (χ1v) is 7.39. The Labute approximate surface area is 142 Å². The number of benzene rings is 2. The first kappa shape index (κ1) is 16.2. The van der Waals surface area contributed by atoms with E-state index in [2.05, 4.69) is 0 Å². The lowest BCUT2D eigenvalue weighted by Crippen LogP contribution is -1.92. The van der Waals surface area contributed by atoms with Crippen molar-refractivity contribution in [1.29, 1.82) is 0 Å². The average molecular weight is 335 g/mol. The van der Waals surface area contributed by atoms with E-state index in [0.717, 1.165) is 0 Å². The van der Waals surface area contributed by atoms with Gasteiger partial charge in [-0.1, -0.05) is 24.3 Å². The van der Waals surface area contributed by atoms with Gasteiger partial charge in [0.2, 0.25) is 0 Å². The van der Waals surface area contributed by atoms with E-state index in [0.29, 0.717) is 22.6 Å². The summed E-state index contributed by atoms with van der Waals surface area (Å²) in [4.78, 5) is 22.4.